The Labute approximate surface area is 155 Å². The summed E-state index contributed by atoms with van der Waals surface area (Å²) in [6, 6.07) is 0. The number of nitrogens with one attached hydrogen (secondary N) is 2. The molecule has 0 atom stereocenters. The average Bonchev–Trinajstić information content (AvgIpc) is 2.63. The highest BCUT2D eigenvalue weighted by Crippen LogP contribution is 2.10. The second kappa shape index (κ2) is 17.9. The molecule has 25 heavy (non-hydrogen) atoms. The van der Waals surface area contributed by atoms with Gasteiger partial charge in [0, 0.05) is 6.54 Å². The van der Waals surface area contributed by atoms with Gasteiger partial charge in [0.05, 0.1) is 0 Å². The first-order valence-electron chi connectivity index (χ1n) is 10.7. The highest BCUT2D eigenvalue weighted by molar-refractivity contribution is 5.45. The standard InChI is InChI=1S/C21H41N3O/c25-21-23-16-13-15-22-17-14-20-24-18-11-9-7-5-3-1-2-4-6-8-10-12-19-24/h3,5,21-22H,1-2,4,6-20H2,(H,23,25)/b5-3-. The third-order valence-corrected chi connectivity index (χ3v) is 4.94. The Kier molecular flexibility index (Phi) is 15.9. The summed E-state index contributed by atoms with van der Waals surface area (Å²) >= 11 is 0. The Morgan fingerprint density at radius 1 is 0.760 bits per heavy atom. The van der Waals surface area contributed by atoms with E-state index in [0.29, 0.717) is 0 Å². The number of allylic oxidation sites excluding steroid dienone is 2. The van der Waals surface area contributed by atoms with Crippen LogP contribution in [0.5, 0.6) is 0 Å². The molecule has 0 unspecified atom stereocenters. The van der Waals surface area contributed by atoms with E-state index in [4.69, 9.17) is 0 Å². The molecule has 1 aliphatic heterocycles. The van der Waals surface area contributed by atoms with E-state index >= 15 is 0 Å². The molecule has 0 saturated carbocycles. The Hall–Kier alpha value is -0.870. The van der Waals surface area contributed by atoms with E-state index in [1.807, 2.05) is 0 Å². The third kappa shape index (κ3) is 15.1. The molecule has 0 aliphatic carbocycles. The molecule has 1 rings (SSSR count). The first kappa shape index (κ1) is 22.2. The molecule has 0 saturated heterocycles. The predicted octanol–water partition coefficient (Wildman–Crippen LogP) is 3.88. The van der Waals surface area contributed by atoms with Gasteiger partial charge in [-0.2, -0.15) is 0 Å². The lowest BCUT2D eigenvalue weighted by Crippen LogP contribution is -2.30. The molecular formula is C21H41N3O. The average molecular weight is 352 g/mol. The number of carbonyl (C=O) groups is 1. The van der Waals surface area contributed by atoms with Crippen LogP contribution in [0.1, 0.15) is 77.0 Å². The topological polar surface area (TPSA) is 44.4 Å². The van der Waals surface area contributed by atoms with Crippen LogP contribution >= 0.6 is 0 Å². The van der Waals surface area contributed by atoms with Crippen LogP contribution in [0, 0.1) is 0 Å². The molecular weight excluding hydrogens is 310 g/mol. The van der Waals surface area contributed by atoms with Gasteiger partial charge in [-0.3, -0.25) is 4.79 Å². The number of hydrogen-bond donors (Lipinski definition) is 2. The zero-order valence-electron chi connectivity index (χ0n) is 16.3. The van der Waals surface area contributed by atoms with Gasteiger partial charge in [-0.25, -0.2) is 0 Å². The molecule has 1 heterocycles. The molecule has 146 valence electrons. The second-order valence-corrected chi connectivity index (χ2v) is 7.25. The SMILES string of the molecule is O=CNCCCNCCCN1CCCC/C=C\CCCCCCCC1. The van der Waals surface area contributed by atoms with Crippen molar-refractivity contribution in [2.75, 3.05) is 39.3 Å². The maximum absolute atomic E-state index is 10.2. The number of nitrogens with zero attached hydrogens (tertiary/aromatic N) is 1. The van der Waals surface area contributed by atoms with E-state index in [9.17, 15) is 4.79 Å². The molecule has 4 nitrogen and oxygen atoms in total. The molecule has 0 spiro atoms. The molecule has 1 aliphatic rings. The van der Waals surface area contributed by atoms with Gasteiger partial charge in [-0.05, 0) is 84.1 Å². The Bertz CT molecular complexity index is 320. The Morgan fingerprint density at radius 3 is 2.12 bits per heavy atom. The molecule has 0 aromatic heterocycles. The largest absolute Gasteiger partial charge is 0.359 e. The molecule has 0 radical (unpaired) electrons. The molecule has 0 bridgehead atoms. The van der Waals surface area contributed by atoms with Gasteiger partial charge in [-0.1, -0.05) is 37.8 Å². The fourth-order valence-corrected chi connectivity index (χ4v) is 3.40. The van der Waals surface area contributed by atoms with Crippen molar-refractivity contribution in [3.8, 4) is 0 Å². The minimum absolute atomic E-state index is 0.775. The zero-order valence-corrected chi connectivity index (χ0v) is 16.3. The van der Waals surface area contributed by atoms with Crippen LogP contribution in [-0.2, 0) is 4.79 Å². The lowest BCUT2D eigenvalue weighted by molar-refractivity contribution is -0.109. The zero-order chi connectivity index (χ0) is 17.8. The molecule has 2 N–H and O–H groups in total. The van der Waals surface area contributed by atoms with Gasteiger partial charge in [0.2, 0.25) is 6.41 Å². The number of rotatable bonds is 9. The van der Waals surface area contributed by atoms with Gasteiger partial charge in [0.25, 0.3) is 0 Å². The number of carbonyl (C=O) groups excluding carboxylic acids is 1. The third-order valence-electron chi connectivity index (χ3n) is 4.94. The van der Waals surface area contributed by atoms with Crippen molar-refractivity contribution in [2.45, 2.75) is 77.0 Å². The fraction of sp³-hybridized carbons (Fsp3) is 0.857. The summed E-state index contributed by atoms with van der Waals surface area (Å²) in [7, 11) is 0. The second-order valence-electron chi connectivity index (χ2n) is 7.25. The smallest absolute Gasteiger partial charge is 0.207 e. The van der Waals surface area contributed by atoms with Crippen molar-refractivity contribution >= 4 is 6.41 Å². The van der Waals surface area contributed by atoms with Crippen molar-refractivity contribution in [3.63, 3.8) is 0 Å². The van der Waals surface area contributed by atoms with E-state index in [1.54, 1.807) is 0 Å². The van der Waals surface area contributed by atoms with Gasteiger partial charge in [0.1, 0.15) is 0 Å². The normalized spacial score (nSPS) is 20.3. The summed E-state index contributed by atoms with van der Waals surface area (Å²) in [4.78, 5) is 12.8. The van der Waals surface area contributed by atoms with Crippen molar-refractivity contribution in [1.82, 2.24) is 15.5 Å². The first-order chi connectivity index (χ1) is 12.4. The van der Waals surface area contributed by atoms with Gasteiger partial charge >= 0.3 is 0 Å². The minimum Gasteiger partial charge on any atom is -0.359 e. The quantitative estimate of drug-likeness (QED) is 0.376. The lowest BCUT2D eigenvalue weighted by Gasteiger charge is -2.22. The Balaban J connectivity index is 2.13. The van der Waals surface area contributed by atoms with Crippen LogP contribution in [0.3, 0.4) is 0 Å². The number of hydrogen-bond acceptors (Lipinski definition) is 3. The minimum atomic E-state index is 0.775. The van der Waals surface area contributed by atoms with Crippen LogP contribution in [0.2, 0.25) is 0 Å². The van der Waals surface area contributed by atoms with Crippen molar-refractivity contribution in [3.05, 3.63) is 12.2 Å². The summed E-state index contributed by atoms with van der Waals surface area (Å²) in [6.07, 6.45) is 21.4. The van der Waals surface area contributed by atoms with Gasteiger partial charge in [0.15, 0.2) is 0 Å². The fourth-order valence-electron chi connectivity index (χ4n) is 3.40. The van der Waals surface area contributed by atoms with Crippen molar-refractivity contribution in [1.29, 1.82) is 0 Å². The number of amides is 1. The highest BCUT2D eigenvalue weighted by atomic mass is 16.1. The van der Waals surface area contributed by atoms with Crippen molar-refractivity contribution < 1.29 is 4.79 Å². The summed E-state index contributed by atoms with van der Waals surface area (Å²) in [5, 5.41) is 6.19. The summed E-state index contributed by atoms with van der Waals surface area (Å²) in [6.45, 7) is 6.61. The van der Waals surface area contributed by atoms with E-state index in [-0.39, 0.29) is 0 Å². The van der Waals surface area contributed by atoms with Gasteiger partial charge in [-0.15, -0.1) is 0 Å². The van der Waals surface area contributed by atoms with E-state index in [0.717, 1.165) is 32.5 Å². The van der Waals surface area contributed by atoms with Crippen molar-refractivity contribution in [2.24, 2.45) is 0 Å². The molecule has 0 aromatic rings. The van der Waals surface area contributed by atoms with Crippen LogP contribution in [0.4, 0.5) is 0 Å². The van der Waals surface area contributed by atoms with Gasteiger partial charge < -0.3 is 15.5 Å². The van der Waals surface area contributed by atoms with Crippen LogP contribution in [0.15, 0.2) is 12.2 Å². The monoisotopic (exact) mass is 351 g/mol. The maximum atomic E-state index is 10.2. The van der Waals surface area contributed by atoms with Crippen LogP contribution < -0.4 is 10.6 Å². The molecule has 4 heteroatoms. The Morgan fingerprint density at radius 2 is 1.36 bits per heavy atom. The van der Waals surface area contributed by atoms with E-state index in [2.05, 4.69) is 27.7 Å². The van der Waals surface area contributed by atoms with E-state index in [1.165, 1.54) is 90.3 Å². The lowest BCUT2D eigenvalue weighted by atomic mass is 10.1. The molecule has 0 fully saturated rings. The summed E-state index contributed by atoms with van der Waals surface area (Å²) in [5.74, 6) is 0. The highest BCUT2D eigenvalue weighted by Gasteiger charge is 2.04. The predicted molar refractivity (Wildman–Crippen MR) is 108 cm³/mol. The maximum Gasteiger partial charge on any atom is 0.207 e. The summed E-state index contributed by atoms with van der Waals surface area (Å²) < 4.78 is 0. The molecule has 0 aromatic carbocycles. The van der Waals surface area contributed by atoms with Crippen LogP contribution in [-0.4, -0.2) is 50.6 Å². The van der Waals surface area contributed by atoms with E-state index < -0.39 is 0 Å². The molecule has 1 amide bonds. The van der Waals surface area contributed by atoms with Crippen LogP contribution in [0.25, 0.3) is 0 Å². The first-order valence-corrected chi connectivity index (χ1v) is 10.7. The summed E-state index contributed by atoms with van der Waals surface area (Å²) in [5.41, 5.74) is 0.